The fourth-order valence-electron chi connectivity index (χ4n) is 0.969. The van der Waals surface area contributed by atoms with Crippen LogP contribution in [0.4, 0.5) is 0 Å². The maximum atomic E-state index is 10.8. The molecule has 0 heterocycles. The Morgan fingerprint density at radius 1 is 1.27 bits per heavy atom. The Balaban J connectivity index is 2.77. The van der Waals surface area contributed by atoms with Gasteiger partial charge in [-0.25, -0.2) is 9.59 Å². The molecule has 0 radical (unpaired) electrons. The van der Waals surface area contributed by atoms with Crippen molar-refractivity contribution in [2.45, 2.75) is 0 Å². The summed E-state index contributed by atoms with van der Waals surface area (Å²) < 4.78 is 4.41. The minimum atomic E-state index is -0.974. The van der Waals surface area contributed by atoms with Crippen LogP contribution in [0, 0.1) is 0 Å². The molecule has 0 aliphatic carbocycles. The van der Waals surface area contributed by atoms with E-state index in [0.29, 0.717) is 0 Å². The lowest BCUT2D eigenvalue weighted by Gasteiger charge is -1.95. The maximum Gasteiger partial charge on any atom is 0.335 e. The van der Waals surface area contributed by atoms with Crippen LogP contribution >= 0.6 is 0 Å². The first kappa shape index (κ1) is 11.0. The molecule has 0 fully saturated rings. The van der Waals surface area contributed by atoms with E-state index in [-0.39, 0.29) is 5.56 Å². The van der Waals surface area contributed by atoms with Crippen molar-refractivity contribution in [1.82, 2.24) is 0 Å². The number of carbonyl (C=O) groups is 2. The minimum Gasteiger partial charge on any atom is -0.478 e. The smallest absolute Gasteiger partial charge is 0.335 e. The summed E-state index contributed by atoms with van der Waals surface area (Å²) >= 11 is 0. The number of hydrogen-bond acceptors (Lipinski definition) is 3. The molecule has 0 saturated carbocycles. The molecule has 1 aromatic rings. The lowest BCUT2D eigenvalue weighted by molar-refractivity contribution is -0.134. The second kappa shape index (κ2) is 4.95. The van der Waals surface area contributed by atoms with Crippen LogP contribution in [-0.4, -0.2) is 24.2 Å². The van der Waals surface area contributed by atoms with Crippen LogP contribution in [0.2, 0.25) is 0 Å². The first-order valence-electron chi connectivity index (χ1n) is 4.23. The van der Waals surface area contributed by atoms with Gasteiger partial charge >= 0.3 is 11.9 Å². The van der Waals surface area contributed by atoms with Gasteiger partial charge in [0.1, 0.15) is 0 Å². The van der Waals surface area contributed by atoms with Crippen molar-refractivity contribution in [3.05, 3.63) is 41.5 Å². The highest BCUT2D eigenvalue weighted by atomic mass is 16.5. The number of benzene rings is 1. The molecule has 0 saturated heterocycles. The van der Waals surface area contributed by atoms with Gasteiger partial charge in [-0.05, 0) is 23.8 Å². The van der Waals surface area contributed by atoms with E-state index in [1.54, 1.807) is 18.2 Å². The summed E-state index contributed by atoms with van der Waals surface area (Å²) in [7, 11) is 1.29. The van der Waals surface area contributed by atoms with Crippen LogP contribution in [0.15, 0.2) is 30.3 Å². The molecule has 0 bridgehead atoms. The molecule has 4 nitrogen and oxygen atoms in total. The zero-order valence-corrected chi connectivity index (χ0v) is 8.14. The van der Waals surface area contributed by atoms with Gasteiger partial charge in [0.05, 0.1) is 12.7 Å². The fraction of sp³-hybridized carbons (Fsp3) is 0.0909. The number of carboxylic acid groups (broad SMARTS) is 1. The van der Waals surface area contributed by atoms with E-state index in [9.17, 15) is 9.59 Å². The van der Waals surface area contributed by atoms with E-state index >= 15 is 0 Å². The predicted molar refractivity (Wildman–Crippen MR) is 54.5 cm³/mol. The topological polar surface area (TPSA) is 63.6 Å². The Hall–Kier alpha value is -2.10. The molecule has 0 aliphatic rings. The van der Waals surface area contributed by atoms with Crippen LogP contribution in [0.1, 0.15) is 15.9 Å². The van der Waals surface area contributed by atoms with Gasteiger partial charge in [-0.1, -0.05) is 12.1 Å². The summed E-state index contributed by atoms with van der Waals surface area (Å²) in [6.45, 7) is 0. The van der Waals surface area contributed by atoms with Gasteiger partial charge in [-0.2, -0.15) is 0 Å². The Bertz CT molecular complexity index is 390. The van der Waals surface area contributed by atoms with Crippen molar-refractivity contribution in [2.75, 3.05) is 7.11 Å². The Labute approximate surface area is 86.8 Å². The van der Waals surface area contributed by atoms with Gasteiger partial charge in [0.25, 0.3) is 0 Å². The van der Waals surface area contributed by atoms with Gasteiger partial charge in [-0.15, -0.1) is 0 Å². The highest BCUT2D eigenvalue weighted by Gasteiger charge is 2.00. The highest BCUT2D eigenvalue weighted by molar-refractivity contribution is 5.89. The van der Waals surface area contributed by atoms with Crippen molar-refractivity contribution in [2.24, 2.45) is 0 Å². The van der Waals surface area contributed by atoms with Crippen molar-refractivity contribution in [1.29, 1.82) is 0 Å². The monoisotopic (exact) mass is 206 g/mol. The maximum absolute atomic E-state index is 10.8. The summed E-state index contributed by atoms with van der Waals surface area (Å²) in [5, 5.41) is 8.64. The lowest BCUT2D eigenvalue weighted by atomic mass is 10.1. The molecule has 1 N–H and O–H groups in total. The molecular weight excluding hydrogens is 196 g/mol. The lowest BCUT2D eigenvalue weighted by Crippen LogP contribution is -1.95. The zero-order chi connectivity index (χ0) is 11.3. The Morgan fingerprint density at radius 3 is 2.33 bits per heavy atom. The molecule has 0 spiro atoms. The molecule has 0 aliphatic heterocycles. The van der Waals surface area contributed by atoms with E-state index < -0.39 is 11.9 Å². The molecule has 4 heteroatoms. The van der Waals surface area contributed by atoms with Gasteiger partial charge < -0.3 is 9.84 Å². The molecule has 0 amide bonds. The third-order valence-electron chi connectivity index (χ3n) is 1.77. The van der Waals surface area contributed by atoms with Gasteiger partial charge in [0.2, 0.25) is 0 Å². The second-order valence-electron chi connectivity index (χ2n) is 2.78. The second-order valence-corrected chi connectivity index (χ2v) is 2.78. The first-order chi connectivity index (χ1) is 7.13. The SMILES string of the molecule is COC(=O)C=Cc1ccc(C(=O)O)cc1. The summed E-state index contributed by atoms with van der Waals surface area (Å²) in [5.41, 5.74) is 0.954. The molecule has 1 rings (SSSR count). The molecule has 15 heavy (non-hydrogen) atoms. The number of rotatable bonds is 3. The summed E-state index contributed by atoms with van der Waals surface area (Å²) in [6.07, 6.45) is 2.83. The van der Waals surface area contributed by atoms with Gasteiger partial charge in [0, 0.05) is 6.08 Å². The largest absolute Gasteiger partial charge is 0.478 e. The average Bonchev–Trinajstić information content (AvgIpc) is 2.26. The summed E-state index contributed by atoms with van der Waals surface area (Å²) in [5.74, 6) is -1.42. The van der Waals surface area contributed by atoms with Gasteiger partial charge in [-0.3, -0.25) is 0 Å². The molecule has 0 aromatic heterocycles. The van der Waals surface area contributed by atoms with E-state index in [4.69, 9.17) is 5.11 Å². The predicted octanol–water partition coefficient (Wildman–Crippen LogP) is 1.57. The van der Waals surface area contributed by atoms with Crippen LogP contribution in [0.3, 0.4) is 0 Å². The first-order valence-corrected chi connectivity index (χ1v) is 4.23. The number of carbonyl (C=O) groups excluding carboxylic acids is 1. The van der Waals surface area contributed by atoms with Crippen LogP contribution in [-0.2, 0) is 9.53 Å². The minimum absolute atomic E-state index is 0.213. The van der Waals surface area contributed by atoms with Crippen LogP contribution in [0.25, 0.3) is 6.08 Å². The van der Waals surface area contributed by atoms with Crippen molar-refractivity contribution in [3.63, 3.8) is 0 Å². The van der Waals surface area contributed by atoms with E-state index in [0.717, 1.165) is 5.56 Å². The number of aromatic carboxylic acids is 1. The highest BCUT2D eigenvalue weighted by Crippen LogP contribution is 2.06. The normalized spacial score (nSPS) is 10.2. The zero-order valence-electron chi connectivity index (χ0n) is 8.14. The van der Waals surface area contributed by atoms with Gasteiger partial charge in [0.15, 0.2) is 0 Å². The Morgan fingerprint density at radius 2 is 1.87 bits per heavy atom. The molecule has 78 valence electrons. The number of hydrogen-bond donors (Lipinski definition) is 1. The van der Waals surface area contributed by atoms with Crippen LogP contribution < -0.4 is 0 Å². The third-order valence-corrected chi connectivity index (χ3v) is 1.77. The molecule has 1 aromatic carbocycles. The molecule has 0 atom stereocenters. The number of carboxylic acids is 1. The van der Waals surface area contributed by atoms with Crippen molar-refractivity contribution >= 4 is 18.0 Å². The molecular formula is C11H10O4. The summed E-state index contributed by atoms with van der Waals surface area (Å²) in [4.78, 5) is 21.3. The molecule has 0 unspecified atom stereocenters. The summed E-state index contributed by atoms with van der Waals surface area (Å²) in [6, 6.07) is 6.17. The Kier molecular flexibility index (Phi) is 3.62. The number of methoxy groups -OCH3 is 1. The fourth-order valence-corrected chi connectivity index (χ4v) is 0.969. The standard InChI is InChI=1S/C11H10O4/c1-15-10(12)7-4-8-2-5-9(6-3-8)11(13)14/h2-7H,1H3,(H,13,14). The van der Waals surface area contributed by atoms with E-state index in [1.807, 2.05) is 0 Å². The average molecular weight is 206 g/mol. The quantitative estimate of drug-likeness (QED) is 0.602. The van der Waals surface area contributed by atoms with Crippen molar-refractivity contribution in [3.8, 4) is 0 Å². The van der Waals surface area contributed by atoms with E-state index in [2.05, 4.69) is 4.74 Å². The van der Waals surface area contributed by atoms with Crippen LogP contribution in [0.5, 0.6) is 0 Å². The third kappa shape index (κ3) is 3.27. The number of ether oxygens (including phenoxy) is 1. The van der Waals surface area contributed by atoms with Crippen molar-refractivity contribution < 1.29 is 19.4 Å². The number of esters is 1. The van der Waals surface area contributed by atoms with E-state index in [1.165, 1.54) is 25.3 Å².